The summed E-state index contributed by atoms with van der Waals surface area (Å²) >= 11 is 1.97. The number of rotatable bonds is 29. The Morgan fingerprint density at radius 3 is 1.09 bits per heavy atom. The molecule has 0 radical (unpaired) electrons. The largest absolute Gasteiger partial charge is 0.465 e. The average Bonchev–Trinajstić information content (AvgIpc) is 2.77. The molecule has 456 valence electrons. The van der Waals surface area contributed by atoms with Crippen LogP contribution in [0.4, 0.5) is 0 Å². The smallest absolute Gasteiger partial charge is 0.350 e. The van der Waals surface area contributed by atoms with E-state index < -0.39 is 89.3 Å². The highest BCUT2D eigenvalue weighted by Gasteiger charge is 2.37. The van der Waals surface area contributed by atoms with Gasteiger partial charge in [0.05, 0.1) is 83.7 Å². The highest BCUT2D eigenvalue weighted by atomic mass is 32.2. The maximum absolute atomic E-state index is 13.7. The molecule has 0 bridgehead atoms. The van der Waals surface area contributed by atoms with Crippen LogP contribution in [0.5, 0.6) is 23.0 Å². The van der Waals surface area contributed by atoms with Crippen LogP contribution in [0.15, 0.2) is 106 Å². The molecule has 0 N–H and O–H groups in total. The third-order valence-electron chi connectivity index (χ3n) is 13.5. The zero-order valence-electron chi connectivity index (χ0n) is 47.0. The summed E-state index contributed by atoms with van der Waals surface area (Å²) in [6, 6.07) is 18.2. The van der Waals surface area contributed by atoms with Crippen LogP contribution < -0.4 is 18.9 Å². The molecule has 0 unspecified atom stereocenters. The SMILES string of the molecule is C=CC(=O)OCCOC(=O)CCC(=O)OCCc1ccc(OC(=O)[C@H]2CC[C@H](C(=O)Oc3ccc(OC(=O)[C@H]4CC[C@H](C(=O)Oc5ccc(CCOC(=O)CCC(=O)OCCOC(=O)C=C)cc5)CC4)c4c3SC(=C(C#N)C(=O)OC)S4)CC2)cc1. The van der Waals surface area contributed by atoms with Crippen LogP contribution in [0.2, 0.25) is 0 Å². The van der Waals surface area contributed by atoms with Crippen molar-refractivity contribution in [2.75, 3.05) is 46.8 Å². The van der Waals surface area contributed by atoms with Gasteiger partial charge in [0.15, 0.2) is 5.57 Å². The summed E-state index contributed by atoms with van der Waals surface area (Å²) in [6.45, 7) is 6.03. The molecule has 0 atom stereocenters. The molecule has 86 heavy (non-hydrogen) atoms. The fourth-order valence-corrected chi connectivity index (χ4v) is 11.4. The molecule has 2 fully saturated rings. The number of carbonyl (C=O) groups is 11. The summed E-state index contributed by atoms with van der Waals surface area (Å²) < 4.78 is 57.9. The Bertz CT molecular complexity index is 2890. The van der Waals surface area contributed by atoms with Gasteiger partial charge in [-0.05, 0) is 98.9 Å². The van der Waals surface area contributed by atoms with E-state index in [1.165, 1.54) is 12.1 Å². The minimum atomic E-state index is -0.889. The molecule has 2 saturated carbocycles. The molecule has 3 aliphatic rings. The van der Waals surface area contributed by atoms with Gasteiger partial charge >= 0.3 is 65.7 Å². The van der Waals surface area contributed by atoms with Gasteiger partial charge in [0.2, 0.25) is 0 Å². The number of benzene rings is 3. The highest BCUT2D eigenvalue weighted by molar-refractivity contribution is 8.24. The fraction of sp³-hybridized carbons (Fsp3) is 0.410. The van der Waals surface area contributed by atoms with Crippen LogP contribution in [-0.2, 0) is 98.7 Å². The third kappa shape index (κ3) is 21.1. The van der Waals surface area contributed by atoms with Crippen molar-refractivity contribution in [2.45, 2.75) is 99.7 Å². The quantitative estimate of drug-likeness (QED) is 0.0160. The third-order valence-corrected chi connectivity index (χ3v) is 16.1. The van der Waals surface area contributed by atoms with Gasteiger partial charge in [0.25, 0.3) is 0 Å². The molecule has 1 heterocycles. The van der Waals surface area contributed by atoms with Crippen molar-refractivity contribution in [3.05, 3.63) is 107 Å². The Balaban J connectivity index is 0.923. The van der Waals surface area contributed by atoms with Crippen LogP contribution >= 0.6 is 23.5 Å². The van der Waals surface area contributed by atoms with Gasteiger partial charge in [-0.25, -0.2) is 14.4 Å². The number of carbonyl (C=O) groups excluding carboxylic acids is 11. The van der Waals surface area contributed by atoms with E-state index >= 15 is 0 Å². The Kier molecular flexibility index (Phi) is 26.4. The molecule has 0 amide bonds. The van der Waals surface area contributed by atoms with Crippen molar-refractivity contribution >= 4 is 89.2 Å². The minimum absolute atomic E-state index is 0.0455. The number of hydrogen-bond acceptors (Lipinski definition) is 25. The van der Waals surface area contributed by atoms with Gasteiger partial charge < -0.3 is 52.1 Å². The molecule has 3 aromatic carbocycles. The first-order chi connectivity index (χ1) is 41.5. The van der Waals surface area contributed by atoms with E-state index in [0.29, 0.717) is 85.5 Å². The van der Waals surface area contributed by atoms with Crippen LogP contribution in [0.1, 0.15) is 88.2 Å². The summed E-state index contributed by atoms with van der Waals surface area (Å²) in [5, 5.41) is 9.91. The van der Waals surface area contributed by atoms with Crippen LogP contribution in [0.3, 0.4) is 0 Å². The zero-order valence-corrected chi connectivity index (χ0v) is 48.7. The summed E-state index contributed by atoms with van der Waals surface area (Å²) in [5.74, 6) is -8.00. The number of fused-ring (bicyclic) bond motifs is 1. The summed E-state index contributed by atoms with van der Waals surface area (Å²) in [6.07, 6.45) is 4.54. The molecule has 23 nitrogen and oxygen atoms in total. The lowest BCUT2D eigenvalue weighted by Gasteiger charge is -2.26. The Morgan fingerprint density at radius 1 is 0.465 bits per heavy atom. The first-order valence-electron chi connectivity index (χ1n) is 27.5. The molecule has 0 spiro atoms. The second kappa shape index (κ2) is 34.3. The highest BCUT2D eigenvalue weighted by Crippen LogP contribution is 2.59. The molecule has 6 rings (SSSR count). The van der Waals surface area contributed by atoms with Crippen molar-refractivity contribution in [1.82, 2.24) is 0 Å². The van der Waals surface area contributed by atoms with E-state index in [9.17, 15) is 58.0 Å². The van der Waals surface area contributed by atoms with Crippen molar-refractivity contribution in [1.29, 1.82) is 5.26 Å². The van der Waals surface area contributed by atoms with Crippen LogP contribution in [-0.4, -0.2) is 112 Å². The number of ether oxygens (including phenoxy) is 11. The predicted molar refractivity (Wildman–Crippen MR) is 301 cm³/mol. The maximum atomic E-state index is 13.7. The molecule has 2 aliphatic carbocycles. The van der Waals surface area contributed by atoms with Crippen molar-refractivity contribution in [3.63, 3.8) is 0 Å². The topological polar surface area (TPSA) is 313 Å². The number of thioether (sulfide) groups is 2. The lowest BCUT2D eigenvalue weighted by Crippen LogP contribution is -2.30. The Morgan fingerprint density at radius 2 is 0.779 bits per heavy atom. The van der Waals surface area contributed by atoms with Gasteiger partial charge in [-0.1, -0.05) is 60.9 Å². The van der Waals surface area contributed by atoms with Gasteiger partial charge in [-0.15, -0.1) is 0 Å². The predicted octanol–water partition coefficient (Wildman–Crippen LogP) is 7.70. The second-order valence-electron chi connectivity index (χ2n) is 19.4. The summed E-state index contributed by atoms with van der Waals surface area (Å²) in [5.41, 5.74) is 1.29. The van der Waals surface area contributed by atoms with E-state index in [2.05, 4.69) is 13.2 Å². The standard InChI is InChI=1S/C61H63NO22S2/c1-4-48(63)77-32-34-79-52(67)26-24-50(65)75-30-28-37-6-18-43(19-7-37)81-56(69)39-10-14-41(15-11-39)58(71)83-46-22-23-47(55-54(46)85-61(86-55)45(36-62)60(73)74-3)84-59(72)42-16-12-40(13-17-42)57(70)82-44-20-8-38(9-21-44)29-31-76-51(66)25-27-53(68)80-35-33-78-49(64)5-2/h4-9,18-23,39-42H,1-2,10-17,24-35H2,3H3/t39-,40-,41-,42-. The summed E-state index contributed by atoms with van der Waals surface area (Å²) in [7, 11) is 1.13. The van der Waals surface area contributed by atoms with Gasteiger partial charge in [0.1, 0.15) is 55.5 Å². The number of hydrogen-bond donors (Lipinski definition) is 0. The first kappa shape index (κ1) is 66.4. The fourth-order valence-electron chi connectivity index (χ4n) is 8.80. The lowest BCUT2D eigenvalue weighted by molar-refractivity contribution is -0.152. The second-order valence-corrected chi connectivity index (χ2v) is 21.7. The van der Waals surface area contributed by atoms with Crippen molar-refractivity contribution in [3.8, 4) is 29.1 Å². The maximum Gasteiger partial charge on any atom is 0.350 e. The summed E-state index contributed by atoms with van der Waals surface area (Å²) in [4.78, 5) is 137. The molecular formula is C61H63NO22S2. The molecule has 25 heteroatoms. The van der Waals surface area contributed by atoms with Crippen molar-refractivity contribution in [2.24, 2.45) is 23.7 Å². The van der Waals surface area contributed by atoms with E-state index in [1.54, 1.807) is 48.5 Å². The van der Waals surface area contributed by atoms with Crippen LogP contribution in [0.25, 0.3) is 0 Å². The van der Waals surface area contributed by atoms with E-state index in [0.717, 1.165) is 53.9 Å². The molecule has 1 aliphatic heterocycles. The van der Waals surface area contributed by atoms with Gasteiger partial charge in [-0.2, -0.15) is 5.26 Å². The lowest BCUT2D eigenvalue weighted by atomic mass is 9.82. The van der Waals surface area contributed by atoms with Gasteiger partial charge in [-0.3, -0.25) is 38.4 Å². The number of methoxy groups -OCH3 is 1. The molecular weight excluding hydrogens is 1160 g/mol. The van der Waals surface area contributed by atoms with Gasteiger partial charge in [0, 0.05) is 25.0 Å². The zero-order chi connectivity index (χ0) is 62.0. The monoisotopic (exact) mass is 1230 g/mol. The first-order valence-corrected chi connectivity index (χ1v) is 29.1. The number of nitrogens with zero attached hydrogens (tertiary/aromatic N) is 1. The average molecular weight is 1230 g/mol. The number of nitriles is 1. The minimum Gasteiger partial charge on any atom is -0.465 e. The van der Waals surface area contributed by atoms with Crippen molar-refractivity contribution < 1.29 is 105 Å². The van der Waals surface area contributed by atoms with E-state index in [4.69, 9.17) is 52.1 Å². The van der Waals surface area contributed by atoms with E-state index in [-0.39, 0.29) is 86.6 Å². The Hall–Kier alpha value is -8.76. The normalized spacial score (nSPS) is 16.6. The van der Waals surface area contributed by atoms with E-state index in [1.807, 2.05) is 6.07 Å². The Labute approximate surface area is 503 Å². The number of esters is 11. The molecule has 0 aromatic heterocycles. The molecule has 3 aromatic rings. The molecule has 0 saturated heterocycles. The van der Waals surface area contributed by atoms with Crippen LogP contribution in [0, 0.1) is 35.0 Å².